The number of hydrogen-bond acceptors (Lipinski definition) is 4. The number of amides is 1. The van der Waals surface area contributed by atoms with Crippen LogP contribution < -0.4 is 10.1 Å². The molecule has 0 unspecified atom stereocenters. The van der Waals surface area contributed by atoms with E-state index in [0.29, 0.717) is 0 Å². The fourth-order valence-electron chi connectivity index (χ4n) is 1.36. The molecule has 6 nitrogen and oxygen atoms in total. The SMILES string of the molecule is CC(C)[C@@H](C)NC(=O)COc1cc(F)ccc1[N+](=O)[O-]. The van der Waals surface area contributed by atoms with Gasteiger partial charge in [-0.2, -0.15) is 0 Å². The summed E-state index contributed by atoms with van der Waals surface area (Å²) in [6.07, 6.45) is 0. The van der Waals surface area contributed by atoms with E-state index in [9.17, 15) is 19.3 Å². The van der Waals surface area contributed by atoms with E-state index >= 15 is 0 Å². The zero-order chi connectivity index (χ0) is 15.3. The van der Waals surface area contributed by atoms with Crippen LogP contribution in [0.5, 0.6) is 5.75 Å². The molecule has 110 valence electrons. The topological polar surface area (TPSA) is 81.5 Å². The first-order valence-electron chi connectivity index (χ1n) is 6.17. The molecule has 0 aliphatic rings. The van der Waals surface area contributed by atoms with Gasteiger partial charge in [-0.15, -0.1) is 0 Å². The maximum absolute atomic E-state index is 13.0. The normalized spacial score (nSPS) is 12.1. The van der Waals surface area contributed by atoms with Crippen LogP contribution in [0.2, 0.25) is 0 Å². The zero-order valence-corrected chi connectivity index (χ0v) is 11.6. The average molecular weight is 284 g/mol. The molecule has 0 radical (unpaired) electrons. The first-order valence-corrected chi connectivity index (χ1v) is 6.17. The third-order valence-corrected chi connectivity index (χ3v) is 2.87. The molecule has 0 aliphatic carbocycles. The van der Waals surface area contributed by atoms with Gasteiger partial charge in [0.05, 0.1) is 4.92 Å². The quantitative estimate of drug-likeness (QED) is 0.641. The second-order valence-corrected chi connectivity index (χ2v) is 4.76. The number of halogens is 1. The maximum atomic E-state index is 13.0. The molecule has 1 amide bonds. The van der Waals surface area contributed by atoms with E-state index in [-0.39, 0.29) is 23.4 Å². The zero-order valence-electron chi connectivity index (χ0n) is 11.6. The van der Waals surface area contributed by atoms with Crippen LogP contribution in [0.1, 0.15) is 20.8 Å². The highest BCUT2D eigenvalue weighted by Crippen LogP contribution is 2.27. The molecule has 0 fully saturated rings. The Balaban J connectivity index is 2.68. The third-order valence-electron chi connectivity index (χ3n) is 2.87. The van der Waals surface area contributed by atoms with Gasteiger partial charge in [-0.25, -0.2) is 4.39 Å². The lowest BCUT2D eigenvalue weighted by Crippen LogP contribution is -2.39. The maximum Gasteiger partial charge on any atom is 0.311 e. The monoisotopic (exact) mass is 284 g/mol. The standard InChI is InChI=1S/C13H17FN2O4/c1-8(2)9(3)15-13(17)7-20-12-6-10(14)4-5-11(12)16(18)19/h4-6,8-9H,7H2,1-3H3,(H,15,17)/t9-/m1/s1. The Morgan fingerprint density at radius 1 is 1.45 bits per heavy atom. The first kappa shape index (κ1) is 15.9. The van der Waals surface area contributed by atoms with Crippen LogP contribution in [0.3, 0.4) is 0 Å². The van der Waals surface area contributed by atoms with Crippen LogP contribution >= 0.6 is 0 Å². The number of carbonyl (C=O) groups excluding carboxylic acids is 1. The van der Waals surface area contributed by atoms with Crippen molar-refractivity contribution in [1.29, 1.82) is 0 Å². The number of ether oxygens (including phenoxy) is 1. The van der Waals surface area contributed by atoms with Crippen molar-refractivity contribution in [1.82, 2.24) is 5.32 Å². The van der Waals surface area contributed by atoms with Crippen molar-refractivity contribution in [2.24, 2.45) is 5.92 Å². The molecule has 0 aliphatic heterocycles. The van der Waals surface area contributed by atoms with Crippen LogP contribution in [0.15, 0.2) is 18.2 Å². The van der Waals surface area contributed by atoms with Gasteiger partial charge in [0.15, 0.2) is 6.61 Å². The first-order chi connectivity index (χ1) is 9.31. The lowest BCUT2D eigenvalue weighted by atomic mass is 10.1. The smallest absolute Gasteiger partial charge is 0.311 e. The summed E-state index contributed by atoms with van der Waals surface area (Å²) in [6, 6.07) is 2.80. The molecular formula is C13H17FN2O4. The van der Waals surface area contributed by atoms with Crippen LogP contribution in [0, 0.1) is 21.8 Å². The summed E-state index contributed by atoms with van der Waals surface area (Å²) in [5.41, 5.74) is -0.379. The van der Waals surface area contributed by atoms with Gasteiger partial charge in [-0.3, -0.25) is 14.9 Å². The fourth-order valence-corrected chi connectivity index (χ4v) is 1.36. The minimum atomic E-state index is -0.691. The molecule has 0 heterocycles. The molecule has 1 rings (SSSR count). The Morgan fingerprint density at radius 2 is 2.10 bits per heavy atom. The van der Waals surface area contributed by atoms with Crippen molar-refractivity contribution in [2.75, 3.05) is 6.61 Å². The number of hydrogen-bond donors (Lipinski definition) is 1. The van der Waals surface area contributed by atoms with E-state index in [4.69, 9.17) is 4.74 Å². The number of nitrogens with one attached hydrogen (secondary N) is 1. The summed E-state index contributed by atoms with van der Waals surface area (Å²) >= 11 is 0. The molecule has 0 bridgehead atoms. The molecular weight excluding hydrogens is 267 g/mol. The number of nitrogens with zero attached hydrogens (tertiary/aromatic N) is 1. The summed E-state index contributed by atoms with van der Waals surface area (Å²) in [5, 5.41) is 13.4. The van der Waals surface area contributed by atoms with Crippen molar-refractivity contribution < 1.29 is 18.8 Å². The molecule has 1 atom stereocenters. The van der Waals surface area contributed by atoms with E-state index in [1.807, 2.05) is 20.8 Å². The minimum Gasteiger partial charge on any atom is -0.477 e. The number of rotatable bonds is 6. The van der Waals surface area contributed by atoms with E-state index in [1.54, 1.807) is 0 Å². The highest BCUT2D eigenvalue weighted by Gasteiger charge is 2.18. The molecule has 0 aromatic heterocycles. The minimum absolute atomic E-state index is 0.0476. The predicted molar refractivity (Wildman–Crippen MR) is 71.0 cm³/mol. The summed E-state index contributed by atoms with van der Waals surface area (Å²) in [7, 11) is 0. The number of nitro groups is 1. The van der Waals surface area contributed by atoms with Gasteiger partial charge in [0, 0.05) is 18.2 Å². The van der Waals surface area contributed by atoms with Crippen LogP contribution in [-0.4, -0.2) is 23.5 Å². The van der Waals surface area contributed by atoms with Gasteiger partial charge in [0.1, 0.15) is 5.82 Å². The van der Waals surface area contributed by atoms with Crippen molar-refractivity contribution in [3.63, 3.8) is 0 Å². The van der Waals surface area contributed by atoms with Gasteiger partial charge >= 0.3 is 5.69 Å². The Bertz CT molecular complexity index is 505. The molecule has 1 N–H and O–H groups in total. The van der Waals surface area contributed by atoms with Crippen LogP contribution in [-0.2, 0) is 4.79 Å². The average Bonchev–Trinajstić information content (AvgIpc) is 2.35. The van der Waals surface area contributed by atoms with E-state index in [2.05, 4.69) is 5.32 Å². The molecule has 20 heavy (non-hydrogen) atoms. The van der Waals surface area contributed by atoms with Crippen molar-refractivity contribution >= 4 is 11.6 Å². The van der Waals surface area contributed by atoms with E-state index in [0.717, 1.165) is 18.2 Å². The molecule has 0 saturated carbocycles. The number of carbonyl (C=O) groups is 1. The number of nitro benzene ring substituents is 1. The Hall–Kier alpha value is -2.18. The highest BCUT2D eigenvalue weighted by molar-refractivity contribution is 5.78. The molecule has 0 spiro atoms. The Morgan fingerprint density at radius 3 is 2.65 bits per heavy atom. The lowest BCUT2D eigenvalue weighted by Gasteiger charge is -2.17. The second kappa shape index (κ2) is 6.83. The summed E-state index contributed by atoms with van der Waals surface area (Å²) in [4.78, 5) is 21.7. The van der Waals surface area contributed by atoms with E-state index in [1.165, 1.54) is 0 Å². The molecule has 1 aromatic rings. The second-order valence-electron chi connectivity index (χ2n) is 4.76. The van der Waals surface area contributed by atoms with Crippen molar-refractivity contribution in [3.8, 4) is 5.75 Å². The molecule has 1 aromatic carbocycles. The van der Waals surface area contributed by atoms with Gasteiger partial charge in [0.2, 0.25) is 5.75 Å². The lowest BCUT2D eigenvalue weighted by molar-refractivity contribution is -0.385. The Kier molecular flexibility index (Phi) is 5.42. The molecule has 0 saturated heterocycles. The van der Waals surface area contributed by atoms with Crippen LogP contribution in [0.25, 0.3) is 0 Å². The van der Waals surface area contributed by atoms with Gasteiger partial charge in [-0.1, -0.05) is 13.8 Å². The van der Waals surface area contributed by atoms with Crippen molar-refractivity contribution in [2.45, 2.75) is 26.8 Å². The van der Waals surface area contributed by atoms with Crippen LogP contribution in [0.4, 0.5) is 10.1 Å². The summed E-state index contributed by atoms with van der Waals surface area (Å²) < 4.78 is 18.1. The largest absolute Gasteiger partial charge is 0.477 e. The van der Waals surface area contributed by atoms with Gasteiger partial charge in [0.25, 0.3) is 5.91 Å². The fraction of sp³-hybridized carbons (Fsp3) is 0.462. The summed E-state index contributed by atoms with van der Waals surface area (Å²) in [6.45, 7) is 5.33. The third kappa shape index (κ3) is 4.49. The highest BCUT2D eigenvalue weighted by atomic mass is 19.1. The predicted octanol–water partition coefficient (Wildman–Crippen LogP) is 2.27. The Labute approximate surface area is 116 Å². The van der Waals surface area contributed by atoms with Crippen molar-refractivity contribution in [3.05, 3.63) is 34.1 Å². The van der Waals surface area contributed by atoms with E-state index < -0.39 is 23.3 Å². The van der Waals surface area contributed by atoms with Gasteiger partial charge < -0.3 is 10.1 Å². The molecule has 7 heteroatoms. The number of benzene rings is 1. The van der Waals surface area contributed by atoms with Gasteiger partial charge in [-0.05, 0) is 18.9 Å². The summed E-state index contributed by atoms with van der Waals surface area (Å²) in [5.74, 6) is -1.09.